The molecule has 0 aromatic rings. The van der Waals surface area contributed by atoms with Crippen LogP contribution >= 0.6 is 23.2 Å². The van der Waals surface area contributed by atoms with Crippen molar-refractivity contribution in [1.29, 1.82) is 0 Å². The SMILES string of the molecule is CS(=O)C(F)(F)C(Cl)Cl. The number of halogens is 4. The lowest BCUT2D eigenvalue weighted by Crippen LogP contribution is -2.29. The van der Waals surface area contributed by atoms with Gasteiger partial charge in [0.25, 0.3) is 0 Å². The summed E-state index contributed by atoms with van der Waals surface area (Å²) in [5.41, 5.74) is 0. The molecular formula is C3H4Cl2F2OS. The van der Waals surface area contributed by atoms with E-state index in [2.05, 4.69) is 0 Å². The van der Waals surface area contributed by atoms with Crippen LogP contribution < -0.4 is 0 Å². The Labute approximate surface area is 63.8 Å². The zero-order valence-electron chi connectivity index (χ0n) is 4.41. The van der Waals surface area contributed by atoms with Crippen LogP contribution in [0.5, 0.6) is 0 Å². The van der Waals surface area contributed by atoms with Crippen molar-refractivity contribution in [3.63, 3.8) is 0 Å². The molecule has 0 aromatic heterocycles. The first-order valence-electron chi connectivity index (χ1n) is 1.88. The Morgan fingerprint density at radius 1 is 1.56 bits per heavy atom. The molecule has 0 bridgehead atoms. The summed E-state index contributed by atoms with van der Waals surface area (Å²) in [4.78, 5) is -1.90. The van der Waals surface area contributed by atoms with Crippen LogP contribution in [0.3, 0.4) is 0 Å². The zero-order chi connectivity index (χ0) is 7.65. The van der Waals surface area contributed by atoms with Crippen LogP contribution in [0.1, 0.15) is 0 Å². The first-order chi connectivity index (χ1) is 3.89. The highest BCUT2D eigenvalue weighted by Gasteiger charge is 2.41. The summed E-state index contributed by atoms with van der Waals surface area (Å²) in [5, 5.41) is -3.50. The molecular weight excluding hydrogens is 193 g/mol. The Morgan fingerprint density at radius 2 is 1.89 bits per heavy atom. The molecule has 1 atom stereocenters. The molecule has 0 radical (unpaired) electrons. The molecule has 1 unspecified atom stereocenters. The summed E-state index contributed by atoms with van der Waals surface area (Å²) in [6.45, 7) is 0. The second kappa shape index (κ2) is 3.12. The van der Waals surface area contributed by atoms with Gasteiger partial charge in [-0.15, -0.1) is 0 Å². The molecule has 0 spiro atoms. The topological polar surface area (TPSA) is 17.1 Å². The van der Waals surface area contributed by atoms with Crippen molar-refractivity contribution in [2.24, 2.45) is 0 Å². The van der Waals surface area contributed by atoms with Gasteiger partial charge in [0.05, 0.1) is 10.8 Å². The van der Waals surface area contributed by atoms with Crippen molar-refractivity contribution in [2.45, 2.75) is 10.1 Å². The molecule has 6 heteroatoms. The van der Waals surface area contributed by atoms with Gasteiger partial charge >= 0.3 is 5.25 Å². The summed E-state index contributed by atoms with van der Waals surface area (Å²) in [6, 6.07) is 0. The molecule has 1 nitrogen and oxygen atoms in total. The minimum Gasteiger partial charge on any atom is -0.254 e. The highest BCUT2D eigenvalue weighted by atomic mass is 35.5. The molecule has 0 rings (SSSR count). The summed E-state index contributed by atoms with van der Waals surface area (Å²) in [7, 11) is -2.30. The molecule has 0 aliphatic rings. The molecule has 9 heavy (non-hydrogen) atoms. The van der Waals surface area contributed by atoms with Gasteiger partial charge in [0.2, 0.25) is 0 Å². The third kappa shape index (κ3) is 2.35. The molecule has 0 aliphatic carbocycles. The number of hydrogen-bond donors (Lipinski definition) is 0. The fourth-order valence-electron chi connectivity index (χ4n) is 0.125. The lowest BCUT2D eigenvalue weighted by atomic mass is 10.8. The van der Waals surface area contributed by atoms with Crippen LogP contribution in [0.4, 0.5) is 8.78 Å². The predicted octanol–water partition coefficient (Wildman–Crippen LogP) is 1.76. The smallest absolute Gasteiger partial charge is 0.254 e. The van der Waals surface area contributed by atoms with Gasteiger partial charge in [0, 0.05) is 6.26 Å². The Morgan fingerprint density at radius 3 is 1.89 bits per heavy atom. The largest absolute Gasteiger partial charge is 0.350 e. The first kappa shape index (κ1) is 9.59. The third-order valence-corrected chi connectivity index (χ3v) is 2.45. The van der Waals surface area contributed by atoms with Crippen LogP contribution in [0.15, 0.2) is 0 Å². The van der Waals surface area contributed by atoms with Gasteiger partial charge in [0.15, 0.2) is 4.84 Å². The molecule has 0 saturated heterocycles. The van der Waals surface area contributed by atoms with Crippen molar-refractivity contribution in [3.8, 4) is 0 Å². The van der Waals surface area contributed by atoms with Gasteiger partial charge in [-0.3, -0.25) is 4.21 Å². The van der Waals surface area contributed by atoms with Crippen LogP contribution in [0, 0.1) is 0 Å². The highest BCUT2D eigenvalue weighted by Crippen LogP contribution is 2.28. The third-order valence-electron chi connectivity index (χ3n) is 0.637. The maximum absolute atomic E-state index is 12.1. The van der Waals surface area contributed by atoms with Gasteiger partial charge in [-0.2, -0.15) is 8.78 Å². The maximum atomic E-state index is 12.1. The molecule has 0 heterocycles. The Bertz CT molecular complexity index is 127. The predicted molar refractivity (Wildman–Crippen MR) is 34.5 cm³/mol. The lowest BCUT2D eigenvalue weighted by molar-refractivity contribution is 0.115. The minimum atomic E-state index is -3.50. The van der Waals surface area contributed by atoms with E-state index in [-0.39, 0.29) is 0 Å². The van der Waals surface area contributed by atoms with Gasteiger partial charge in [0.1, 0.15) is 0 Å². The molecule has 0 N–H and O–H groups in total. The second-order valence-corrected chi connectivity index (χ2v) is 3.87. The van der Waals surface area contributed by atoms with E-state index in [0.717, 1.165) is 6.26 Å². The molecule has 0 aromatic carbocycles. The van der Waals surface area contributed by atoms with Gasteiger partial charge in [-0.05, 0) is 0 Å². The monoisotopic (exact) mass is 196 g/mol. The molecule has 0 aliphatic heterocycles. The van der Waals surface area contributed by atoms with E-state index in [0.29, 0.717) is 0 Å². The number of alkyl halides is 4. The Hall–Kier alpha value is 0.590. The van der Waals surface area contributed by atoms with Crippen LogP contribution in [-0.2, 0) is 10.8 Å². The van der Waals surface area contributed by atoms with Crippen molar-refractivity contribution in [3.05, 3.63) is 0 Å². The molecule has 0 saturated carbocycles. The van der Waals surface area contributed by atoms with E-state index in [1.165, 1.54) is 0 Å². The molecule has 0 fully saturated rings. The van der Waals surface area contributed by atoms with E-state index >= 15 is 0 Å². The van der Waals surface area contributed by atoms with E-state index in [9.17, 15) is 13.0 Å². The average Bonchev–Trinajstić information content (AvgIpc) is 1.65. The van der Waals surface area contributed by atoms with Crippen LogP contribution in [-0.4, -0.2) is 20.6 Å². The van der Waals surface area contributed by atoms with Gasteiger partial charge < -0.3 is 0 Å². The number of hydrogen-bond acceptors (Lipinski definition) is 1. The van der Waals surface area contributed by atoms with E-state index < -0.39 is 20.9 Å². The molecule has 0 amide bonds. The van der Waals surface area contributed by atoms with Crippen molar-refractivity contribution >= 4 is 34.0 Å². The van der Waals surface area contributed by atoms with Crippen molar-refractivity contribution < 1.29 is 13.0 Å². The fraction of sp³-hybridized carbons (Fsp3) is 1.00. The van der Waals surface area contributed by atoms with E-state index in [4.69, 9.17) is 23.2 Å². The maximum Gasteiger partial charge on any atom is 0.350 e. The summed E-state index contributed by atoms with van der Waals surface area (Å²) < 4.78 is 34.3. The number of rotatable bonds is 2. The van der Waals surface area contributed by atoms with Gasteiger partial charge in [-0.1, -0.05) is 23.2 Å². The van der Waals surface area contributed by atoms with Crippen molar-refractivity contribution in [1.82, 2.24) is 0 Å². The Balaban J connectivity index is 4.19. The molecule has 56 valence electrons. The Kier molecular flexibility index (Phi) is 3.33. The normalized spacial score (nSPS) is 16.2. The zero-order valence-corrected chi connectivity index (χ0v) is 6.73. The van der Waals surface area contributed by atoms with Crippen LogP contribution in [0.25, 0.3) is 0 Å². The lowest BCUT2D eigenvalue weighted by Gasteiger charge is -2.12. The average molecular weight is 197 g/mol. The first-order valence-corrected chi connectivity index (χ1v) is 4.31. The summed E-state index contributed by atoms with van der Waals surface area (Å²) in [6.07, 6.45) is 0.845. The quantitative estimate of drug-likeness (QED) is 0.616. The standard InChI is InChI=1S/C3H4Cl2F2OS/c1-9(8)3(6,7)2(4)5/h2H,1H3. The second-order valence-electron chi connectivity index (χ2n) is 1.32. The summed E-state index contributed by atoms with van der Waals surface area (Å²) >= 11 is 9.57. The summed E-state index contributed by atoms with van der Waals surface area (Å²) in [5.74, 6) is 0. The van der Waals surface area contributed by atoms with Crippen molar-refractivity contribution in [2.75, 3.05) is 6.26 Å². The van der Waals surface area contributed by atoms with Gasteiger partial charge in [-0.25, -0.2) is 0 Å². The fourth-order valence-corrected chi connectivity index (χ4v) is 1.13. The van der Waals surface area contributed by atoms with E-state index in [1.54, 1.807) is 0 Å². The van der Waals surface area contributed by atoms with E-state index in [1.807, 2.05) is 0 Å². The van der Waals surface area contributed by atoms with Crippen LogP contribution in [0.2, 0.25) is 0 Å². The highest BCUT2D eigenvalue weighted by molar-refractivity contribution is 7.85. The minimum absolute atomic E-state index is 0.845.